The third kappa shape index (κ3) is 6.95. The largest absolute Gasteiger partial charge is 0.192 e. The van der Waals surface area contributed by atoms with E-state index >= 15 is 0 Å². The fraction of sp³-hybridized carbons (Fsp3) is 0.0536. The summed E-state index contributed by atoms with van der Waals surface area (Å²) >= 11 is 0. The Labute approximate surface area is 336 Å². The summed E-state index contributed by atoms with van der Waals surface area (Å²) in [6, 6.07) is 62.2. The summed E-state index contributed by atoms with van der Waals surface area (Å²) in [5, 5.41) is 16.6. The number of fused-ring (bicyclic) bond motifs is 3. The highest BCUT2D eigenvalue weighted by atomic mass is 14.2. The molecule has 0 amide bonds. The van der Waals surface area contributed by atoms with E-state index in [-0.39, 0.29) is 0 Å². The van der Waals surface area contributed by atoms with Crippen LogP contribution in [-0.4, -0.2) is 0 Å². The Morgan fingerprint density at radius 2 is 0.719 bits per heavy atom. The summed E-state index contributed by atoms with van der Waals surface area (Å²) in [6.07, 6.45) is 3.94. The van der Waals surface area contributed by atoms with Crippen molar-refractivity contribution in [1.82, 2.24) is 0 Å². The van der Waals surface area contributed by atoms with Crippen molar-refractivity contribution in [3.63, 3.8) is 0 Å². The summed E-state index contributed by atoms with van der Waals surface area (Å²) in [4.78, 5) is 0. The SMILES string of the molecule is C=Cc1c(C=C)c(-c2cccc(C)c2)c2ccccc2c1-c1ccc(C)cc1.Cc1cccc(-c2c3ccccc3c(-c3ccc(C#N)cc3)c3ccccc23)c1. The molecular weight excluding hydrogens is 687 g/mol. The number of aryl methyl sites for hydroxylation is 3. The molecule has 0 spiro atoms. The van der Waals surface area contributed by atoms with Crippen LogP contribution in [0.25, 0.3) is 89.0 Å². The molecule has 0 bridgehead atoms. The lowest BCUT2D eigenvalue weighted by molar-refractivity contribution is 1.46. The van der Waals surface area contributed by atoms with Gasteiger partial charge in [0.2, 0.25) is 0 Å². The molecule has 272 valence electrons. The molecule has 1 heteroatoms. The third-order valence-corrected chi connectivity index (χ3v) is 10.9. The maximum absolute atomic E-state index is 9.18. The zero-order chi connectivity index (χ0) is 39.5. The number of benzene rings is 9. The van der Waals surface area contributed by atoms with E-state index in [2.05, 4.69) is 198 Å². The van der Waals surface area contributed by atoms with E-state index in [1.807, 2.05) is 24.3 Å². The normalized spacial score (nSPS) is 10.8. The average molecular weight is 730 g/mol. The fourth-order valence-electron chi connectivity index (χ4n) is 8.31. The second-order valence-corrected chi connectivity index (χ2v) is 14.7. The van der Waals surface area contributed by atoms with Gasteiger partial charge in [0.05, 0.1) is 11.6 Å². The topological polar surface area (TPSA) is 23.8 Å². The highest BCUT2D eigenvalue weighted by Gasteiger charge is 2.19. The van der Waals surface area contributed by atoms with E-state index in [1.54, 1.807) is 0 Å². The van der Waals surface area contributed by atoms with Crippen molar-refractivity contribution >= 4 is 44.5 Å². The molecule has 9 aromatic carbocycles. The number of rotatable bonds is 6. The van der Waals surface area contributed by atoms with Crippen LogP contribution in [0.2, 0.25) is 0 Å². The van der Waals surface area contributed by atoms with Crippen LogP contribution in [0.15, 0.2) is 183 Å². The van der Waals surface area contributed by atoms with Gasteiger partial charge in [0.1, 0.15) is 0 Å². The van der Waals surface area contributed by atoms with E-state index < -0.39 is 0 Å². The molecule has 0 saturated carbocycles. The Morgan fingerprint density at radius 1 is 0.368 bits per heavy atom. The molecule has 57 heavy (non-hydrogen) atoms. The highest BCUT2D eigenvalue weighted by molar-refractivity contribution is 6.21. The van der Waals surface area contributed by atoms with Gasteiger partial charge in [-0.25, -0.2) is 0 Å². The first kappa shape index (κ1) is 36.7. The maximum atomic E-state index is 9.18. The molecule has 0 aromatic heterocycles. The van der Waals surface area contributed by atoms with Gasteiger partial charge >= 0.3 is 0 Å². The van der Waals surface area contributed by atoms with Crippen LogP contribution < -0.4 is 0 Å². The lowest BCUT2D eigenvalue weighted by atomic mass is 9.83. The molecule has 0 unspecified atom stereocenters. The van der Waals surface area contributed by atoms with Gasteiger partial charge in [-0.1, -0.05) is 200 Å². The molecule has 0 aliphatic carbocycles. The summed E-state index contributed by atoms with van der Waals surface area (Å²) in [6.45, 7) is 14.7. The summed E-state index contributed by atoms with van der Waals surface area (Å²) in [7, 11) is 0. The van der Waals surface area contributed by atoms with Crippen molar-refractivity contribution in [1.29, 1.82) is 5.26 Å². The molecule has 9 aromatic rings. The Balaban J connectivity index is 0.000000160. The highest BCUT2D eigenvalue weighted by Crippen LogP contribution is 2.45. The predicted molar refractivity (Wildman–Crippen MR) is 246 cm³/mol. The summed E-state index contributed by atoms with van der Waals surface area (Å²) in [5.74, 6) is 0. The van der Waals surface area contributed by atoms with Gasteiger partial charge in [0.25, 0.3) is 0 Å². The standard InChI is InChI=1S/C28H19N.C28H24/c1-19-7-6-8-22(17-19)28-25-11-4-2-9-23(25)27(24-10-3-5-12-26(24)28)21-15-13-20(18-29)14-16-21;1-5-23-24(6-2)28(22-11-9-10-20(4)18-22)26-13-8-7-12-25(26)27(23)21-16-14-19(3)15-17-21/h2-17H,1H3;5-18H,1-2H2,3-4H3. The minimum absolute atomic E-state index is 0.679. The Hall–Kier alpha value is -7.27. The second-order valence-electron chi connectivity index (χ2n) is 14.7. The van der Waals surface area contributed by atoms with Crippen molar-refractivity contribution in [3.8, 4) is 50.6 Å². The first-order chi connectivity index (χ1) is 27.9. The van der Waals surface area contributed by atoms with Crippen LogP contribution in [0.4, 0.5) is 0 Å². The zero-order valence-electron chi connectivity index (χ0n) is 32.7. The van der Waals surface area contributed by atoms with E-state index in [9.17, 15) is 5.26 Å². The van der Waals surface area contributed by atoms with Gasteiger partial charge < -0.3 is 0 Å². The van der Waals surface area contributed by atoms with Gasteiger partial charge in [-0.3, -0.25) is 0 Å². The van der Waals surface area contributed by atoms with Crippen LogP contribution in [-0.2, 0) is 0 Å². The molecule has 0 aliphatic rings. The van der Waals surface area contributed by atoms with Gasteiger partial charge in [-0.05, 0) is 121 Å². The Kier molecular flexibility index (Phi) is 10.2. The van der Waals surface area contributed by atoms with Crippen LogP contribution in [0.3, 0.4) is 0 Å². The van der Waals surface area contributed by atoms with Crippen LogP contribution in [0.1, 0.15) is 33.4 Å². The fourth-order valence-corrected chi connectivity index (χ4v) is 8.31. The maximum Gasteiger partial charge on any atom is 0.0991 e. The quantitative estimate of drug-likeness (QED) is 0.156. The van der Waals surface area contributed by atoms with Crippen molar-refractivity contribution in [2.75, 3.05) is 0 Å². The zero-order valence-corrected chi connectivity index (χ0v) is 32.7. The van der Waals surface area contributed by atoms with Crippen molar-refractivity contribution in [2.45, 2.75) is 20.8 Å². The minimum Gasteiger partial charge on any atom is -0.192 e. The van der Waals surface area contributed by atoms with E-state index in [0.29, 0.717) is 5.56 Å². The third-order valence-electron chi connectivity index (χ3n) is 10.9. The lowest BCUT2D eigenvalue weighted by Crippen LogP contribution is -1.96. The average Bonchev–Trinajstić information content (AvgIpc) is 3.25. The monoisotopic (exact) mass is 729 g/mol. The molecule has 0 aliphatic heterocycles. The first-order valence-electron chi connectivity index (χ1n) is 19.4. The summed E-state index contributed by atoms with van der Waals surface area (Å²) < 4.78 is 0. The molecule has 0 heterocycles. The molecular formula is C56H43N. The predicted octanol–water partition coefficient (Wildman–Crippen LogP) is 15.6. The van der Waals surface area contributed by atoms with E-state index in [1.165, 1.54) is 88.0 Å². The van der Waals surface area contributed by atoms with Crippen molar-refractivity contribution in [2.24, 2.45) is 0 Å². The van der Waals surface area contributed by atoms with Crippen molar-refractivity contribution in [3.05, 3.63) is 216 Å². The Bertz CT molecular complexity index is 2950. The van der Waals surface area contributed by atoms with Crippen LogP contribution in [0.5, 0.6) is 0 Å². The molecule has 0 saturated heterocycles. The van der Waals surface area contributed by atoms with Crippen LogP contribution in [0, 0.1) is 32.1 Å². The molecule has 0 radical (unpaired) electrons. The van der Waals surface area contributed by atoms with E-state index in [4.69, 9.17) is 0 Å². The molecule has 1 nitrogen and oxygen atoms in total. The second kappa shape index (κ2) is 15.8. The number of hydrogen-bond donors (Lipinski definition) is 0. The smallest absolute Gasteiger partial charge is 0.0991 e. The number of hydrogen-bond acceptors (Lipinski definition) is 1. The Morgan fingerprint density at radius 3 is 1.12 bits per heavy atom. The van der Waals surface area contributed by atoms with E-state index in [0.717, 1.165) is 16.7 Å². The van der Waals surface area contributed by atoms with Gasteiger partial charge in [-0.2, -0.15) is 5.26 Å². The first-order valence-corrected chi connectivity index (χ1v) is 19.4. The number of nitrogens with zero attached hydrogens (tertiary/aromatic N) is 1. The van der Waals surface area contributed by atoms with Gasteiger partial charge in [-0.15, -0.1) is 0 Å². The van der Waals surface area contributed by atoms with Crippen LogP contribution >= 0.6 is 0 Å². The van der Waals surface area contributed by atoms with Crippen molar-refractivity contribution < 1.29 is 0 Å². The van der Waals surface area contributed by atoms with Gasteiger partial charge in [0, 0.05) is 0 Å². The summed E-state index contributed by atoms with van der Waals surface area (Å²) in [5.41, 5.74) is 16.4. The number of nitriles is 1. The lowest BCUT2D eigenvalue weighted by Gasteiger charge is -2.20. The minimum atomic E-state index is 0.679. The molecule has 0 N–H and O–H groups in total. The van der Waals surface area contributed by atoms with Gasteiger partial charge in [0.15, 0.2) is 0 Å². The molecule has 0 atom stereocenters. The molecule has 9 rings (SSSR count). The molecule has 0 fully saturated rings.